The number of hydrogen-bond donors (Lipinski definition) is 0. The lowest BCUT2D eigenvalue weighted by molar-refractivity contribution is -0.327. The molecule has 0 aromatic carbocycles. The summed E-state index contributed by atoms with van der Waals surface area (Å²) in [5.41, 5.74) is -3.62. The number of ether oxygens (including phenoxy) is 1. The Labute approximate surface area is 220 Å². The second-order valence-electron chi connectivity index (χ2n) is 7.52. The molecule has 0 bridgehead atoms. The van der Waals surface area contributed by atoms with Gasteiger partial charge >= 0.3 is 12.4 Å². The highest BCUT2D eigenvalue weighted by Gasteiger charge is 2.64. The number of carbonyl (C=O) groups is 1. The third-order valence-electron chi connectivity index (χ3n) is 1.42. The van der Waals surface area contributed by atoms with Gasteiger partial charge in [0.15, 0.2) is 5.41 Å². The van der Waals surface area contributed by atoms with Crippen molar-refractivity contribution in [2.24, 2.45) is 5.41 Å². The van der Waals surface area contributed by atoms with Crippen LogP contribution in [0.4, 0.5) is 35.1 Å². The van der Waals surface area contributed by atoms with E-state index in [1.165, 1.54) is 20.3 Å². The summed E-state index contributed by atoms with van der Waals surface area (Å²) in [6, 6.07) is 0. The van der Waals surface area contributed by atoms with Crippen molar-refractivity contribution in [2.45, 2.75) is 94.9 Å². The quantitative estimate of drug-likeness (QED) is 0.261. The molecule has 0 aliphatic heterocycles. The van der Waals surface area contributed by atoms with Crippen LogP contribution in [0.2, 0.25) is 0 Å². The summed E-state index contributed by atoms with van der Waals surface area (Å²) in [6.07, 6.45) is -2.84. The highest BCUT2D eigenvalue weighted by Crippen LogP contribution is 2.49. The average molecular weight is 597 g/mol. The van der Waals surface area contributed by atoms with Crippen LogP contribution in [0.3, 0.4) is 0 Å². The van der Waals surface area contributed by atoms with Crippen molar-refractivity contribution in [1.29, 1.82) is 0 Å². The molecule has 0 unspecified atom stereocenters. The number of hydrogen-bond acceptors (Lipinski definition) is 5. The molecule has 0 fully saturated rings. The van der Waals surface area contributed by atoms with Crippen LogP contribution in [0.25, 0.3) is 0 Å². The topological polar surface area (TPSA) is 60.4 Å². The zero-order chi connectivity index (χ0) is 30.2. The monoisotopic (exact) mass is 596 g/mol. The van der Waals surface area contributed by atoms with Crippen molar-refractivity contribution in [3.8, 4) is 0 Å². The van der Waals surface area contributed by atoms with Gasteiger partial charge in [-0.05, 0) is 54.1 Å². The molecule has 0 amide bonds. The first-order valence-corrected chi connectivity index (χ1v) is 13.3. The molecule has 0 radical (unpaired) electrons. The fourth-order valence-electron chi connectivity index (χ4n) is 0.161. The molecule has 4 nitrogen and oxygen atoms in total. The molecule has 0 atom stereocenters. The van der Waals surface area contributed by atoms with E-state index >= 15 is 0 Å². The van der Waals surface area contributed by atoms with Gasteiger partial charge in [0.05, 0.1) is 0 Å². The van der Waals surface area contributed by atoms with Gasteiger partial charge in [-0.15, -0.1) is 0 Å². The number of methoxy groups -OCH3 is 1. The van der Waals surface area contributed by atoms with Crippen molar-refractivity contribution in [3.63, 3.8) is 0 Å². The molecule has 0 spiro atoms. The van der Waals surface area contributed by atoms with E-state index in [-0.39, 0.29) is 34.5 Å². The van der Waals surface area contributed by atoms with Gasteiger partial charge in [0, 0.05) is 26.7 Å². The maximum atomic E-state index is 11.6. The van der Waals surface area contributed by atoms with Crippen LogP contribution in [-0.2, 0) is 19.4 Å². The first kappa shape index (κ1) is 60.1. The highest BCUT2D eigenvalue weighted by molar-refractivity contribution is 7.97. The maximum absolute atomic E-state index is 11.6. The smallest absolute Gasteiger partial charge is 0.388 e. The zero-order valence-electron chi connectivity index (χ0n) is 22.7. The number of sulfone groups is 1. The zero-order valence-corrected chi connectivity index (χ0v) is 24.3. The van der Waals surface area contributed by atoms with Gasteiger partial charge in [-0.2, -0.15) is 38.1 Å². The van der Waals surface area contributed by atoms with Crippen molar-refractivity contribution >= 4 is 27.4 Å². The predicted molar refractivity (Wildman–Crippen MR) is 141 cm³/mol. The van der Waals surface area contributed by atoms with Crippen LogP contribution in [0.15, 0.2) is 0 Å². The van der Waals surface area contributed by atoms with E-state index in [1.54, 1.807) is 26.0 Å². The molecule has 0 heterocycles. The third-order valence-corrected chi connectivity index (χ3v) is 1.42. The molecule has 14 heteroatoms. The Kier molecular flexibility index (Phi) is 51.1. The molecule has 0 saturated heterocycles. The van der Waals surface area contributed by atoms with Gasteiger partial charge in [-0.1, -0.05) is 35.1 Å². The Hall–Kier alpha value is -0.630. The third kappa shape index (κ3) is 116. The van der Waals surface area contributed by atoms with Crippen LogP contribution in [0.1, 0.15) is 76.7 Å². The standard InChI is InChI=1S/C5H6F6.C3H6F2.C3H6O.C3H8.C2H6O2S.C2H6O.C2H6S.2CH4/c1-3(2,4(6,7)8)5(9,10)11;1-3(2,4)5;1-3(2)4;1-3-2;1-5(2,3)4;2*1-3-2;;/h1-2H3;1-2H3;1-2H3;3H2,1-2H3;1-2H3;2*1-2H3;2*1H4. The molecule has 0 aromatic rings. The van der Waals surface area contributed by atoms with Crippen molar-refractivity contribution in [2.75, 3.05) is 39.2 Å². The summed E-state index contributed by atoms with van der Waals surface area (Å²) in [7, 11) is 0.583. The van der Waals surface area contributed by atoms with Crippen LogP contribution in [0, 0.1) is 5.41 Å². The van der Waals surface area contributed by atoms with Gasteiger partial charge in [0.2, 0.25) is 5.92 Å². The molecule has 0 saturated carbocycles. The summed E-state index contributed by atoms with van der Waals surface area (Å²) in [4.78, 5) is 9.44. The molecule has 36 heavy (non-hydrogen) atoms. The lowest BCUT2D eigenvalue weighted by Gasteiger charge is -2.29. The van der Waals surface area contributed by atoms with E-state index in [1.807, 2.05) is 12.5 Å². The molecule has 0 aliphatic rings. The molecule has 232 valence electrons. The average Bonchev–Trinajstić information content (AvgIpc) is 2.43. The number of carbonyl (C=O) groups excluding carboxylic acids is 1. The Morgan fingerprint density at radius 3 is 0.806 bits per heavy atom. The minimum atomic E-state index is -5.24. The maximum Gasteiger partial charge on any atom is 0.402 e. The molecule has 0 aromatic heterocycles. The van der Waals surface area contributed by atoms with E-state index in [0.29, 0.717) is 0 Å². The number of ketones is 1. The van der Waals surface area contributed by atoms with Crippen LogP contribution in [0.5, 0.6) is 0 Å². The van der Waals surface area contributed by atoms with E-state index < -0.39 is 33.5 Å². The second-order valence-corrected chi connectivity index (χ2v) is 10.6. The number of rotatable bonds is 0. The predicted octanol–water partition coefficient (Wildman–Crippen LogP) is 8.99. The summed E-state index contributed by atoms with van der Waals surface area (Å²) < 4.78 is 115. The molecule has 0 aliphatic carbocycles. The largest absolute Gasteiger partial charge is 0.402 e. The lowest BCUT2D eigenvalue weighted by atomic mass is 9.92. The summed E-state index contributed by atoms with van der Waals surface area (Å²) in [6.45, 7) is 9.22. The normalized spacial score (nSPS) is 10.2. The first-order chi connectivity index (χ1) is 14.5. The van der Waals surface area contributed by atoms with E-state index in [9.17, 15) is 48.3 Å². The number of halogens is 8. The lowest BCUT2D eigenvalue weighted by Crippen LogP contribution is -2.44. The van der Waals surface area contributed by atoms with Gasteiger partial charge in [0.25, 0.3) is 0 Å². The fraction of sp³-hybridized carbons (Fsp3) is 0.955. The minimum absolute atomic E-state index is 0. The van der Waals surface area contributed by atoms with Crippen molar-refractivity contribution in [1.82, 2.24) is 0 Å². The van der Waals surface area contributed by atoms with Crippen molar-refractivity contribution in [3.05, 3.63) is 0 Å². The van der Waals surface area contributed by atoms with Gasteiger partial charge in [-0.25, -0.2) is 17.2 Å². The summed E-state index contributed by atoms with van der Waals surface area (Å²) in [5.74, 6) is -2.33. The number of thioether (sulfide) groups is 1. The van der Waals surface area contributed by atoms with E-state index in [4.69, 9.17) is 0 Å². The van der Waals surface area contributed by atoms with Gasteiger partial charge < -0.3 is 9.53 Å². The van der Waals surface area contributed by atoms with Gasteiger partial charge in [-0.3, -0.25) is 0 Å². The minimum Gasteiger partial charge on any atom is -0.388 e. The molecular formula is C22H52F8O4S2. The summed E-state index contributed by atoms with van der Waals surface area (Å²) in [5, 5.41) is 0. The molecule has 0 rings (SSSR count). The Morgan fingerprint density at radius 1 is 0.750 bits per heavy atom. The van der Waals surface area contributed by atoms with Crippen molar-refractivity contribution < 1.29 is 53.1 Å². The molecular weight excluding hydrogens is 544 g/mol. The fourth-order valence-corrected chi connectivity index (χ4v) is 0.161. The van der Waals surface area contributed by atoms with E-state index in [0.717, 1.165) is 26.4 Å². The Morgan fingerprint density at radius 2 is 0.806 bits per heavy atom. The highest BCUT2D eigenvalue weighted by atomic mass is 32.2. The number of alkyl halides is 8. The van der Waals surface area contributed by atoms with E-state index in [2.05, 4.69) is 18.6 Å². The second kappa shape index (κ2) is 30.6. The summed E-state index contributed by atoms with van der Waals surface area (Å²) >= 11 is 1.75. The van der Waals surface area contributed by atoms with Crippen LogP contribution >= 0.6 is 11.8 Å². The van der Waals surface area contributed by atoms with Crippen LogP contribution < -0.4 is 0 Å². The molecule has 0 N–H and O–H groups in total. The Balaban J connectivity index is -0.0000000360. The van der Waals surface area contributed by atoms with Crippen LogP contribution in [-0.4, -0.2) is 71.7 Å². The number of Topliss-reactive ketones (excluding diaryl/α,β-unsaturated/α-hetero) is 1. The van der Waals surface area contributed by atoms with Gasteiger partial charge in [0.1, 0.15) is 15.6 Å². The Bertz CT molecular complexity index is 489. The SMILES string of the molecule is C.C.CC(C)(C(F)(F)F)C(F)(F)F.CC(C)(F)F.CC(C)=O.CCC.COC.CS(C)(=O)=O.CSC. The first-order valence-electron chi connectivity index (χ1n) is 9.41.